The van der Waals surface area contributed by atoms with Crippen molar-refractivity contribution in [1.29, 1.82) is 0 Å². The molecule has 0 aliphatic carbocycles. The van der Waals surface area contributed by atoms with E-state index < -0.39 is 5.91 Å². The summed E-state index contributed by atoms with van der Waals surface area (Å²) in [6.45, 7) is 0. The summed E-state index contributed by atoms with van der Waals surface area (Å²) in [5.74, 6) is -0.130. The molecule has 1 fully saturated rings. The van der Waals surface area contributed by atoms with Gasteiger partial charge >= 0.3 is 0 Å². The Morgan fingerprint density at radius 1 is 1.14 bits per heavy atom. The molecule has 1 N–H and O–H groups in total. The Morgan fingerprint density at radius 3 is 2.36 bits per heavy atom. The first-order valence-corrected chi connectivity index (χ1v) is 9.62. The Kier molecular flexibility index (Phi) is 6.01. The Balaban J connectivity index is 1.72. The zero-order valence-corrected chi connectivity index (χ0v) is 17.3. The van der Waals surface area contributed by atoms with Gasteiger partial charge in [-0.15, -0.1) is 0 Å². The van der Waals surface area contributed by atoms with E-state index in [9.17, 15) is 9.59 Å². The maximum absolute atomic E-state index is 12.7. The van der Waals surface area contributed by atoms with Crippen LogP contribution >= 0.6 is 24.0 Å². The third kappa shape index (κ3) is 4.35. The number of ether oxygens (including phenoxy) is 1. The molecule has 0 bridgehead atoms. The van der Waals surface area contributed by atoms with Crippen LogP contribution in [0.4, 0.5) is 5.69 Å². The summed E-state index contributed by atoms with van der Waals surface area (Å²) >= 11 is 6.41. The lowest BCUT2D eigenvalue weighted by Gasteiger charge is -2.15. The molecular weight excluding hydrogens is 394 g/mol. The SMILES string of the molecule is COc1ccc(C(=O)NN2C(=O)/C(=C\c3ccc(N(C)C)cc3)SC2=S)cc1. The number of nitrogens with one attached hydrogen (secondary N) is 1. The quantitative estimate of drug-likeness (QED) is 0.599. The molecule has 8 heteroatoms. The second-order valence-corrected chi connectivity index (χ2v) is 7.85. The maximum Gasteiger partial charge on any atom is 0.285 e. The number of hydrazine groups is 1. The van der Waals surface area contributed by atoms with Gasteiger partial charge < -0.3 is 9.64 Å². The number of thioether (sulfide) groups is 1. The summed E-state index contributed by atoms with van der Waals surface area (Å²) in [6, 6.07) is 14.4. The van der Waals surface area contributed by atoms with Crippen molar-refractivity contribution in [2.24, 2.45) is 0 Å². The van der Waals surface area contributed by atoms with Gasteiger partial charge in [0.05, 0.1) is 12.0 Å². The highest BCUT2D eigenvalue weighted by atomic mass is 32.2. The zero-order chi connectivity index (χ0) is 20.3. The van der Waals surface area contributed by atoms with Gasteiger partial charge in [0.15, 0.2) is 4.32 Å². The van der Waals surface area contributed by atoms with Crippen molar-refractivity contribution in [3.8, 4) is 5.75 Å². The number of methoxy groups -OCH3 is 1. The molecule has 1 heterocycles. The summed E-state index contributed by atoms with van der Waals surface area (Å²) in [5, 5.41) is 1.10. The van der Waals surface area contributed by atoms with Crippen LogP contribution < -0.4 is 15.1 Å². The van der Waals surface area contributed by atoms with Crippen LogP contribution in [0.25, 0.3) is 6.08 Å². The van der Waals surface area contributed by atoms with Gasteiger partial charge in [-0.05, 0) is 60.3 Å². The van der Waals surface area contributed by atoms with Crippen molar-refractivity contribution < 1.29 is 14.3 Å². The van der Waals surface area contributed by atoms with Crippen molar-refractivity contribution in [2.45, 2.75) is 0 Å². The molecule has 28 heavy (non-hydrogen) atoms. The third-order valence-corrected chi connectivity index (χ3v) is 5.37. The van der Waals surface area contributed by atoms with Crippen LogP contribution in [-0.2, 0) is 4.79 Å². The van der Waals surface area contributed by atoms with E-state index in [1.165, 1.54) is 0 Å². The average Bonchev–Trinajstić information content (AvgIpc) is 2.95. The molecule has 0 spiro atoms. The monoisotopic (exact) mass is 413 g/mol. The van der Waals surface area contributed by atoms with Gasteiger partial charge in [-0.25, -0.2) is 0 Å². The Morgan fingerprint density at radius 2 is 1.79 bits per heavy atom. The van der Waals surface area contributed by atoms with Crippen molar-refractivity contribution >= 4 is 51.9 Å². The minimum atomic E-state index is -0.421. The molecule has 0 saturated carbocycles. The normalized spacial score (nSPS) is 15.1. The molecule has 1 saturated heterocycles. The predicted molar refractivity (Wildman–Crippen MR) is 116 cm³/mol. The van der Waals surface area contributed by atoms with E-state index in [-0.39, 0.29) is 10.2 Å². The number of anilines is 1. The lowest BCUT2D eigenvalue weighted by atomic mass is 10.2. The first-order valence-electron chi connectivity index (χ1n) is 8.39. The van der Waals surface area contributed by atoms with Crippen LogP contribution in [0.3, 0.4) is 0 Å². The van der Waals surface area contributed by atoms with E-state index in [2.05, 4.69) is 5.43 Å². The van der Waals surface area contributed by atoms with Crippen molar-refractivity contribution in [2.75, 3.05) is 26.1 Å². The van der Waals surface area contributed by atoms with E-state index in [4.69, 9.17) is 17.0 Å². The number of carbonyl (C=O) groups is 2. The van der Waals surface area contributed by atoms with E-state index >= 15 is 0 Å². The van der Waals surface area contributed by atoms with Crippen LogP contribution in [0.2, 0.25) is 0 Å². The first-order chi connectivity index (χ1) is 13.4. The largest absolute Gasteiger partial charge is 0.497 e. The average molecular weight is 414 g/mol. The summed E-state index contributed by atoms with van der Waals surface area (Å²) in [6.07, 6.45) is 1.76. The van der Waals surface area contributed by atoms with Crippen LogP contribution in [0.1, 0.15) is 15.9 Å². The third-order valence-electron chi connectivity index (χ3n) is 4.07. The number of hydrogen-bond donors (Lipinski definition) is 1. The fourth-order valence-corrected chi connectivity index (χ4v) is 3.67. The Bertz CT molecular complexity index is 938. The molecule has 0 atom stereocenters. The van der Waals surface area contributed by atoms with Gasteiger partial charge in [-0.3, -0.25) is 15.0 Å². The zero-order valence-electron chi connectivity index (χ0n) is 15.6. The highest BCUT2D eigenvalue weighted by Crippen LogP contribution is 2.31. The standard InChI is InChI=1S/C20H19N3O3S2/c1-22(2)15-8-4-13(5-9-15)12-17-19(25)23(20(27)28-17)21-18(24)14-6-10-16(26-3)11-7-14/h4-12H,1-3H3,(H,21,24)/b17-12+. The fraction of sp³-hybridized carbons (Fsp3) is 0.150. The van der Waals surface area contributed by atoms with E-state index in [0.717, 1.165) is 28.0 Å². The van der Waals surface area contributed by atoms with Gasteiger partial charge in [0.2, 0.25) is 0 Å². The van der Waals surface area contributed by atoms with Crippen molar-refractivity contribution in [3.63, 3.8) is 0 Å². The van der Waals surface area contributed by atoms with Gasteiger partial charge in [0.25, 0.3) is 11.8 Å². The first kappa shape index (κ1) is 19.9. The topological polar surface area (TPSA) is 61.9 Å². The molecular formula is C20H19N3O3S2. The number of benzene rings is 2. The van der Waals surface area contributed by atoms with Crippen molar-refractivity contribution in [3.05, 3.63) is 64.6 Å². The second kappa shape index (κ2) is 8.45. The maximum atomic E-state index is 12.7. The van der Waals surface area contributed by atoms with Crippen LogP contribution in [0.5, 0.6) is 5.75 Å². The molecule has 144 valence electrons. The molecule has 6 nitrogen and oxygen atoms in total. The van der Waals surface area contributed by atoms with Crippen LogP contribution in [0.15, 0.2) is 53.4 Å². The fourth-order valence-electron chi connectivity index (χ4n) is 2.49. The number of thiocarbonyl (C=S) groups is 1. The minimum absolute atomic E-state index is 0.281. The van der Waals surface area contributed by atoms with Crippen LogP contribution in [-0.4, -0.2) is 42.3 Å². The number of rotatable bonds is 5. The summed E-state index contributed by atoms with van der Waals surface area (Å²) in [7, 11) is 5.48. The predicted octanol–water partition coefficient (Wildman–Crippen LogP) is 3.31. The summed E-state index contributed by atoms with van der Waals surface area (Å²) < 4.78 is 5.36. The summed E-state index contributed by atoms with van der Waals surface area (Å²) in [4.78, 5) is 27.5. The molecule has 2 amide bonds. The second-order valence-electron chi connectivity index (χ2n) is 6.17. The number of nitrogens with zero attached hydrogens (tertiary/aromatic N) is 2. The molecule has 0 radical (unpaired) electrons. The Labute approximate surface area is 173 Å². The smallest absolute Gasteiger partial charge is 0.285 e. The van der Waals surface area contributed by atoms with Gasteiger partial charge in [0.1, 0.15) is 5.75 Å². The summed E-state index contributed by atoms with van der Waals surface area (Å²) in [5.41, 5.74) is 4.92. The van der Waals surface area contributed by atoms with Crippen LogP contribution in [0, 0.1) is 0 Å². The molecule has 1 aliphatic heterocycles. The minimum Gasteiger partial charge on any atom is -0.497 e. The van der Waals surface area contributed by atoms with Gasteiger partial charge in [0, 0.05) is 25.3 Å². The van der Waals surface area contributed by atoms with E-state index in [1.54, 1.807) is 37.5 Å². The molecule has 0 unspecified atom stereocenters. The molecule has 2 aromatic carbocycles. The van der Waals surface area contributed by atoms with E-state index in [0.29, 0.717) is 16.2 Å². The number of amides is 2. The molecule has 2 aromatic rings. The highest BCUT2D eigenvalue weighted by molar-refractivity contribution is 8.26. The Hall–Kier alpha value is -2.84. The number of hydrogen-bond acceptors (Lipinski definition) is 6. The van der Waals surface area contributed by atoms with Gasteiger partial charge in [-0.2, -0.15) is 5.01 Å². The van der Waals surface area contributed by atoms with Gasteiger partial charge in [-0.1, -0.05) is 23.9 Å². The molecule has 3 rings (SSSR count). The lowest BCUT2D eigenvalue weighted by Crippen LogP contribution is -2.44. The van der Waals surface area contributed by atoms with E-state index in [1.807, 2.05) is 43.3 Å². The number of carbonyl (C=O) groups excluding carboxylic acids is 2. The molecule has 0 aromatic heterocycles. The lowest BCUT2D eigenvalue weighted by molar-refractivity contribution is -0.123. The highest BCUT2D eigenvalue weighted by Gasteiger charge is 2.33. The molecule has 1 aliphatic rings. The van der Waals surface area contributed by atoms with Crippen molar-refractivity contribution in [1.82, 2.24) is 10.4 Å².